The lowest BCUT2D eigenvalue weighted by Gasteiger charge is -2.34. The topological polar surface area (TPSA) is 78.9 Å². The van der Waals surface area contributed by atoms with E-state index in [1.54, 1.807) is 11.8 Å². The van der Waals surface area contributed by atoms with Crippen LogP contribution in [0.15, 0.2) is 0 Å². The van der Waals surface area contributed by atoms with Crippen molar-refractivity contribution >= 4 is 11.8 Å². The van der Waals surface area contributed by atoms with Crippen molar-refractivity contribution in [1.29, 1.82) is 0 Å². The monoisotopic (exact) mass is 272 g/mol. The quantitative estimate of drug-likeness (QED) is 0.708. The second-order valence-corrected chi connectivity index (χ2v) is 4.86. The Labute approximate surface area is 114 Å². The first kappa shape index (κ1) is 15.9. The number of carbonyl (C=O) groups excluding carboxylic acids is 2. The van der Waals surface area contributed by atoms with E-state index < -0.39 is 12.1 Å². The van der Waals surface area contributed by atoms with Crippen LogP contribution in [0.2, 0.25) is 0 Å². The fraction of sp³-hybridized carbons (Fsp3) is 0.846. The van der Waals surface area contributed by atoms with Crippen LogP contribution >= 0.6 is 0 Å². The largest absolute Gasteiger partial charge is 0.393 e. The van der Waals surface area contributed by atoms with Gasteiger partial charge in [0.2, 0.25) is 11.8 Å². The minimum Gasteiger partial charge on any atom is -0.393 e. The molecular weight excluding hydrogens is 248 g/mol. The molecule has 0 radical (unpaired) electrons. The van der Waals surface area contributed by atoms with Crippen molar-refractivity contribution in [1.82, 2.24) is 10.2 Å². The molecule has 2 amide bonds. The Morgan fingerprint density at radius 3 is 2.89 bits per heavy atom. The third-order valence-corrected chi connectivity index (χ3v) is 3.08. The molecule has 0 bridgehead atoms. The summed E-state index contributed by atoms with van der Waals surface area (Å²) in [5.41, 5.74) is 0. The predicted molar refractivity (Wildman–Crippen MR) is 70.5 cm³/mol. The van der Waals surface area contributed by atoms with Gasteiger partial charge in [-0.15, -0.1) is 0 Å². The highest BCUT2D eigenvalue weighted by Gasteiger charge is 2.32. The molecular formula is C13H24N2O4. The van der Waals surface area contributed by atoms with Crippen molar-refractivity contribution in [2.75, 3.05) is 26.3 Å². The minimum atomic E-state index is -0.540. The maximum absolute atomic E-state index is 12.1. The standard InChI is InChI=1S/C13H24N2O4/c1-3-6-14-13(18)11-9-19-8-7-15(11)12(17)5-4-10(2)16/h10-11,16H,3-9H2,1-2H3,(H,14,18). The Bertz CT molecular complexity index is 307. The van der Waals surface area contributed by atoms with Crippen molar-refractivity contribution in [3.63, 3.8) is 0 Å². The Balaban J connectivity index is 2.56. The van der Waals surface area contributed by atoms with Crippen LogP contribution in [-0.4, -0.2) is 60.3 Å². The predicted octanol–water partition coefficient (Wildman–Crippen LogP) is -0.0990. The van der Waals surface area contributed by atoms with Crippen LogP contribution in [0.1, 0.15) is 33.1 Å². The normalized spacial score (nSPS) is 21.0. The fourth-order valence-corrected chi connectivity index (χ4v) is 1.96. The lowest BCUT2D eigenvalue weighted by Crippen LogP contribution is -2.56. The average molecular weight is 272 g/mol. The molecule has 2 unspecified atom stereocenters. The zero-order valence-corrected chi connectivity index (χ0v) is 11.7. The SMILES string of the molecule is CCCNC(=O)C1COCCN1C(=O)CCC(C)O. The average Bonchev–Trinajstić information content (AvgIpc) is 2.42. The molecule has 2 atom stereocenters. The number of nitrogens with zero attached hydrogens (tertiary/aromatic N) is 1. The highest BCUT2D eigenvalue weighted by atomic mass is 16.5. The molecule has 0 saturated carbocycles. The van der Waals surface area contributed by atoms with Gasteiger partial charge in [0.15, 0.2) is 0 Å². The lowest BCUT2D eigenvalue weighted by molar-refractivity contribution is -0.148. The van der Waals surface area contributed by atoms with Gasteiger partial charge in [0.25, 0.3) is 0 Å². The van der Waals surface area contributed by atoms with Crippen LogP contribution in [0.4, 0.5) is 0 Å². The van der Waals surface area contributed by atoms with E-state index in [9.17, 15) is 14.7 Å². The van der Waals surface area contributed by atoms with E-state index in [2.05, 4.69) is 5.32 Å². The van der Waals surface area contributed by atoms with Crippen LogP contribution in [-0.2, 0) is 14.3 Å². The van der Waals surface area contributed by atoms with Crippen LogP contribution in [0, 0.1) is 0 Å². The third kappa shape index (κ3) is 5.16. The molecule has 1 aliphatic heterocycles. The molecule has 0 aliphatic carbocycles. The number of hydrogen-bond acceptors (Lipinski definition) is 4. The summed E-state index contributed by atoms with van der Waals surface area (Å²) >= 11 is 0. The van der Waals surface area contributed by atoms with Gasteiger partial charge in [0.05, 0.1) is 19.3 Å². The summed E-state index contributed by atoms with van der Waals surface area (Å²) in [7, 11) is 0. The summed E-state index contributed by atoms with van der Waals surface area (Å²) in [4.78, 5) is 25.6. The molecule has 1 saturated heterocycles. The second-order valence-electron chi connectivity index (χ2n) is 4.86. The lowest BCUT2D eigenvalue weighted by atomic mass is 10.1. The molecule has 6 heteroatoms. The van der Waals surface area contributed by atoms with Crippen molar-refractivity contribution < 1.29 is 19.4 Å². The van der Waals surface area contributed by atoms with Crippen LogP contribution in [0.25, 0.3) is 0 Å². The molecule has 0 aromatic rings. The molecule has 1 heterocycles. The highest BCUT2D eigenvalue weighted by molar-refractivity contribution is 5.88. The minimum absolute atomic E-state index is 0.0964. The number of carbonyl (C=O) groups is 2. The van der Waals surface area contributed by atoms with Gasteiger partial charge in [0.1, 0.15) is 6.04 Å². The van der Waals surface area contributed by atoms with Crippen molar-refractivity contribution in [3.05, 3.63) is 0 Å². The number of morpholine rings is 1. The molecule has 1 rings (SSSR count). The third-order valence-electron chi connectivity index (χ3n) is 3.08. The molecule has 2 N–H and O–H groups in total. The Kier molecular flexibility index (Phi) is 6.80. The van der Waals surface area contributed by atoms with Crippen molar-refractivity contribution in [2.45, 2.75) is 45.3 Å². The molecule has 1 aliphatic rings. The number of amides is 2. The summed E-state index contributed by atoms with van der Waals surface area (Å²) in [5, 5.41) is 12.0. The van der Waals surface area contributed by atoms with Crippen molar-refractivity contribution in [2.24, 2.45) is 0 Å². The van der Waals surface area contributed by atoms with Crippen molar-refractivity contribution in [3.8, 4) is 0 Å². The van der Waals surface area contributed by atoms with E-state index in [0.29, 0.717) is 26.1 Å². The van der Waals surface area contributed by atoms with Gasteiger partial charge in [-0.1, -0.05) is 6.92 Å². The first-order chi connectivity index (χ1) is 9.06. The molecule has 0 spiro atoms. The molecule has 19 heavy (non-hydrogen) atoms. The van der Waals surface area contributed by atoms with E-state index in [4.69, 9.17) is 4.74 Å². The molecule has 110 valence electrons. The molecule has 6 nitrogen and oxygen atoms in total. The highest BCUT2D eigenvalue weighted by Crippen LogP contribution is 2.11. The number of rotatable bonds is 6. The summed E-state index contributed by atoms with van der Waals surface area (Å²) in [6, 6.07) is -0.540. The zero-order chi connectivity index (χ0) is 14.3. The van der Waals surface area contributed by atoms with Gasteiger partial charge in [-0.25, -0.2) is 0 Å². The zero-order valence-electron chi connectivity index (χ0n) is 11.7. The van der Waals surface area contributed by atoms with E-state index in [0.717, 1.165) is 6.42 Å². The van der Waals surface area contributed by atoms with Gasteiger partial charge < -0.3 is 20.1 Å². The fourth-order valence-electron chi connectivity index (χ4n) is 1.96. The Morgan fingerprint density at radius 1 is 1.53 bits per heavy atom. The second kappa shape index (κ2) is 8.12. The number of nitrogens with one attached hydrogen (secondary N) is 1. The van der Waals surface area contributed by atoms with E-state index in [-0.39, 0.29) is 24.8 Å². The first-order valence-electron chi connectivity index (χ1n) is 6.89. The Morgan fingerprint density at radius 2 is 2.26 bits per heavy atom. The van der Waals surface area contributed by atoms with Crippen LogP contribution in [0.5, 0.6) is 0 Å². The smallest absolute Gasteiger partial charge is 0.245 e. The van der Waals surface area contributed by atoms with Crippen LogP contribution in [0.3, 0.4) is 0 Å². The molecule has 0 aromatic carbocycles. The summed E-state index contributed by atoms with van der Waals surface area (Å²) in [6.07, 6.45) is 1.03. The summed E-state index contributed by atoms with van der Waals surface area (Å²) < 4.78 is 5.29. The number of aliphatic hydroxyl groups excluding tert-OH is 1. The van der Waals surface area contributed by atoms with Gasteiger partial charge >= 0.3 is 0 Å². The van der Waals surface area contributed by atoms with Gasteiger partial charge in [-0.05, 0) is 19.8 Å². The summed E-state index contributed by atoms with van der Waals surface area (Å²) in [5.74, 6) is -0.257. The number of aliphatic hydroxyl groups is 1. The van der Waals surface area contributed by atoms with Gasteiger partial charge in [0, 0.05) is 19.5 Å². The van der Waals surface area contributed by atoms with E-state index in [1.807, 2.05) is 6.92 Å². The van der Waals surface area contributed by atoms with Gasteiger partial charge in [-0.2, -0.15) is 0 Å². The molecule has 0 aromatic heterocycles. The van der Waals surface area contributed by atoms with Gasteiger partial charge in [-0.3, -0.25) is 9.59 Å². The van der Waals surface area contributed by atoms with Crippen LogP contribution < -0.4 is 5.32 Å². The Hall–Kier alpha value is -1.14. The summed E-state index contributed by atoms with van der Waals surface area (Å²) in [6.45, 7) is 5.36. The number of hydrogen-bond donors (Lipinski definition) is 2. The maximum Gasteiger partial charge on any atom is 0.245 e. The van der Waals surface area contributed by atoms with E-state index >= 15 is 0 Å². The maximum atomic E-state index is 12.1. The van der Waals surface area contributed by atoms with E-state index in [1.165, 1.54) is 0 Å². The molecule has 1 fully saturated rings. The number of ether oxygens (including phenoxy) is 1. The first-order valence-corrected chi connectivity index (χ1v) is 6.89.